The third-order valence-electron chi connectivity index (χ3n) is 6.40. The second-order valence-electron chi connectivity index (χ2n) is 9.66. The van der Waals surface area contributed by atoms with Crippen molar-refractivity contribution in [1.82, 2.24) is 9.97 Å². The number of halogens is 1. The van der Waals surface area contributed by atoms with E-state index in [1.165, 1.54) is 6.42 Å². The molecular formula is C28H34ClN5O. The zero-order valence-electron chi connectivity index (χ0n) is 20.9. The molecule has 184 valence electrons. The van der Waals surface area contributed by atoms with Crippen LogP contribution in [-0.2, 0) is 0 Å². The Morgan fingerprint density at radius 3 is 2.20 bits per heavy atom. The number of anilines is 3. The molecule has 0 bridgehead atoms. The van der Waals surface area contributed by atoms with Gasteiger partial charge in [-0.1, -0.05) is 75.7 Å². The first-order valence-electron chi connectivity index (χ1n) is 12.4. The number of nitrogens with zero attached hydrogens (tertiary/aromatic N) is 3. The van der Waals surface area contributed by atoms with E-state index in [0.717, 1.165) is 48.3 Å². The van der Waals surface area contributed by atoms with Crippen molar-refractivity contribution in [2.45, 2.75) is 58.8 Å². The van der Waals surface area contributed by atoms with Crippen LogP contribution in [0.3, 0.4) is 0 Å². The SMILES string of the molecule is CC(C)c1cccc(C(C)C)c1NC(=O)Nc1cnc(N2CCCCC2)nc1-c1ccccc1Cl. The predicted octanol–water partition coefficient (Wildman–Crippen LogP) is 7.68. The summed E-state index contributed by atoms with van der Waals surface area (Å²) in [7, 11) is 0. The molecule has 2 amide bonds. The fraction of sp³-hybridized carbons (Fsp3) is 0.393. The number of hydrogen-bond donors (Lipinski definition) is 2. The van der Waals surface area contributed by atoms with E-state index in [1.54, 1.807) is 6.20 Å². The van der Waals surface area contributed by atoms with Crippen LogP contribution < -0.4 is 15.5 Å². The molecule has 1 aromatic heterocycles. The minimum absolute atomic E-state index is 0.273. The van der Waals surface area contributed by atoms with E-state index in [4.69, 9.17) is 16.6 Å². The minimum atomic E-state index is -0.331. The number of nitrogens with one attached hydrogen (secondary N) is 2. The molecule has 0 atom stereocenters. The molecule has 2 aromatic carbocycles. The van der Waals surface area contributed by atoms with Crippen LogP contribution >= 0.6 is 11.6 Å². The van der Waals surface area contributed by atoms with Gasteiger partial charge in [-0.05, 0) is 48.3 Å². The zero-order valence-corrected chi connectivity index (χ0v) is 21.7. The minimum Gasteiger partial charge on any atom is -0.341 e. The Morgan fingerprint density at radius 2 is 1.57 bits per heavy atom. The molecule has 2 N–H and O–H groups in total. The molecule has 4 rings (SSSR count). The Bertz CT molecular complexity index is 1160. The van der Waals surface area contributed by atoms with Crippen molar-refractivity contribution in [2.75, 3.05) is 28.6 Å². The van der Waals surface area contributed by atoms with Crippen LogP contribution in [0.5, 0.6) is 0 Å². The van der Waals surface area contributed by atoms with Gasteiger partial charge in [0.15, 0.2) is 0 Å². The van der Waals surface area contributed by atoms with Crippen LogP contribution in [0.25, 0.3) is 11.3 Å². The summed E-state index contributed by atoms with van der Waals surface area (Å²) >= 11 is 6.54. The highest BCUT2D eigenvalue weighted by Crippen LogP contribution is 2.35. The lowest BCUT2D eigenvalue weighted by molar-refractivity contribution is 0.262. The van der Waals surface area contributed by atoms with E-state index in [-0.39, 0.29) is 17.9 Å². The largest absolute Gasteiger partial charge is 0.341 e. The van der Waals surface area contributed by atoms with Crippen molar-refractivity contribution in [3.05, 3.63) is 64.8 Å². The highest BCUT2D eigenvalue weighted by Gasteiger charge is 2.21. The molecule has 1 saturated heterocycles. The predicted molar refractivity (Wildman–Crippen MR) is 146 cm³/mol. The van der Waals surface area contributed by atoms with Crippen molar-refractivity contribution >= 4 is 35.0 Å². The molecule has 1 fully saturated rings. The molecule has 6 nitrogen and oxygen atoms in total. The second kappa shape index (κ2) is 11.1. The van der Waals surface area contributed by atoms with Crippen LogP contribution in [0.4, 0.5) is 22.1 Å². The molecule has 0 radical (unpaired) electrons. The quantitative estimate of drug-likeness (QED) is 0.371. The summed E-state index contributed by atoms with van der Waals surface area (Å²) in [5.74, 6) is 1.21. The van der Waals surface area contributed by atoms with Gasteiger partial charge < -0.3 is 15.5 Å². The molecule has 0 aliphatic carbocycles. The van der Waals surface area contributed by atoms with Crippen LogP contribution in [0, 0.1) is 0 Å². The second-order valence-corrected chi connectivity index (χ2v) is 10.1. The molecule has 7 heteroatoms. The lowest BCUT2D eigenvalue weighted by atomic mass is 9.93. The van der Waals surface area contributed by atoms with Gasteiger partial charge in [-0.3, -0.25) is 0 Å². The molecule has 35 heavy (non-hydrogen) atoms. The van der Waals surface area contributed by atoms with Crippen molar-refractivity contribution in [1.29, 1.82) is 0 Å². The lowest BCUT2D eigenvalue weighted by Gasteiger charge is -2.27. The van der Waals surface area contributed by atoms with Crippen molar-refractivity contribution in [2.24, 2.45) is 0 Å². The Hall–Kier alpha value is -3.12. The Labute approximate surface area is 213 Å². The Balaban J connectivity index is 1.68. The maximum absolute atomic E-state index is 13.3. The van der Waals surface area contributed by atoms with Crippen molar-refractivity contribution < 1.29 is 4.79 Å². The van der Waals surface area contributed by atoms with Crippen LogP contribution in [0.2, 0.25) is 5.02 Å². The Morgan fingerprint density at radius 1 is 0.914 bits per heavy atom. The molecule has 0 spiro atoms. The molecule has 2 heterocycles. The van der Waals surface area contributed by atoms with Crippen molar-refractivity contribution in [3.8, 4) is 11.3 Å². The van der Waals surface area contributed by atoms with Crippen molar-refractivity contribution in [3.63, 3.8) is 0 Å². The summed E-state index contributed by atoms with van der Waals surface area (Å²) in [6.07, 6.45) is 5.16. The van der Waals surface area contributed by atoms with Crippen LogP contribution in [0.15, 0.2) is 48.7 Å². The van der Waals surface area contributed by atoms with Gasteiger partial charge in [-0.15, -0.1) is 0 Å². The fourth-order valence-corrected chi connectivity index (χ4v) is 4.76. The first-order chi connectivity index (χ1) is 16.8. The van der Waals surface area contributed by atoms with Gasteiger partial charge in [0.2, 0.25) is 5.95 Å². The van der Waals surface area contributed by atoms with Gasteiger partial charge in [0.05, 0.1) is 16.9 Å². The summed E-state index contributed by atoms with van der Waals surface area (Å²) in [5.41, 5.74) is 4.96. The first-order valence-corrected chi connectivity index (χ1v) is 12.8. The summed E-state index contributed by atoms with van der Waals surface area (Å²) in [6.45, 7) is 10.4. The average molecular weight is 492 g/mol. The van der Waals surface area contributed by atoms with Gasteiger partial charge in [0.25, 0.3) is 0 Å². The van der Waals surface area contributed by atoms with Gasteiger partial charge in [-0.2, -0.15) is 0 Å². The van der Waals surface area contributed by atoms with E-state index in [1.807, 2.05) is 24.3 Å². The number of carbonyl (C=O) groups excluding carboxylic acids is 1. The number of amides is 2. The van der Waals surface area contributed by atoms with Gasteiger partial charge in [0, 0.05) is 24.3 Å². The monoisotopic (exact) mass is 491 g/mol. The maximum atomic E-state index is 13.3. The number of aromatic nitrogens is 2. The summed E-state index contributed by atoms with van der Waals surface area (Å²) in [4.78, 5) is 24.9. The van der Waals surface area contributed by atoms with E-state index in [2.05, 4.69) is 66.4 Å². The molecule has 1 aliphatic rings. The van der Waals surface area contributed by atoms with Gasteiger partial charge in [-0.25, -0.2) is 14.8 Å². The van der Waals surface area contributed by atoms with Gasteiger partial charge in [0.1, 0.15) is 5.69 Å². The standard InChI is InChI=1S/C28H34ClN5O/c1-18(2)20-12-10-13-21(19(3)4)25(20)33-28(35)31-24-17-30-27(34-15-8-5-9-16-34)32-26(24)22-11-6-7-14-23(22)29/h6-7,10-14,17-19H,5,8-9,15-16H2,1-4H3,(H2,31,33,35). The molecule has 0 saturated carbocycles. The van der Waals surface area contributed by atoms with E-state index in [9.17, 15) is 4.79 Å². The Kier molecular flexibility index (Phi) is 7.91. The van der Waals surface area contributed by atoms with Gasteiger partial charge >= 0.3 is 6.03 Å². The third-order valence-corrected chi connectivity index (χ3v) is 6.73. The molecule has 1 aliphatic heterocycles. The number of carbonyl (C=O) groups is 1. The third kappa shape index (κ3) is 5.76. The number of urea groups is 1. The van der Waals surface area contributed by atoms with E-state index in [0.29, 0.717) is 22.4 Å². The topological polar surface area (TPSA) is 70.2 Å². The lowest BCUT2D eigenvalue weighted by Crippen LogP contribution is -2.31. The fourth-order valence-electron chi connectivity index (χ4n) is 4.53. The zero-order chi connectivity index (χ0) is 24.9. The normalized spacial score (nSPS) is 13.9. The number of para-hydroxylation sites is 1. The summed E-state index contributed by atoms with van der Waals surface area (Å²) in [6, 6.07) is 13.4. The van der Waals surface area contributed by atoms with Crippen LogP contribution in [0.1, 0.15) is 69.9 Å². The van der Waals surface area contributed by atoms with Crippen LogP contribution in [-0.4, -0.2) is 29.1 Å². The van der Waals surface area contributed by atoms with E-state index < -0.39 is 0 Å². The summed E-state index contributed by atoms with van der Waals surface area (Å²) < 4.78 is 0. The molecule has 0 unspecified atom stereocenters. The number of benzene rings is 2. The maximum Gasteiger partial charge on any atom is 0.323 e. The number of hydrogen-bond acceptors (Lipinski definition) is 4. The number of piperidine rings is 1. The molecular weight excluding hydrogens is 458 g/mol. The highest BCUT2D eigenvalue weighted by molar-refractivity contribution is 6.33. The van der Waals surface area contributed by atoms with E-state index >= 15 is 0 Å². The first kappa shape index (κ1) is 25.0. The average Bonchev–Trinajstić information content (AvgIpc) is 2.85. The summed E-state index contributed by atoms with van der Waals surface area (Å²) in [5, 5.41) is 6.68. The number of rotatable bonds is 6. The highest BCUT2D eigenvalue weighted by atomic mass is 35.5. The smallest absolute Gasteiger partial charge is 0.323 e. The molecule has 3 aromatic rings.